The monoisotopic (exact) mass is 410 g/mol. The van der Waals surface area contributed by atoms with Crippen LogP contribution in [0, 0.1) is 0 Å². The van der Waals surface area contributed by atoms with Crippen LogP contribution in [0.4, 0.5) is 0 Å². The molecule has 1 N–H and O–H groups in total. The molecule has 4 nitrogen and oxygen atoms in total. The predicted molar refractivity (Wildman–Crippen MR) is 106 cm³/mol. The van der Waals surface area contributed by atoms with E-state index < -0.39 is 0 Å². The second-order valence-corrected chi connectivity index (χ2v) is 5.06. The van der Waals surface area contributed by atoms with Crippen molar-refractivity contribution in [2.75, 3.05) is 46.8 Å². The quantitative estimate of drug-likeness (QED) is 0.187. The lowest BCUT2D eigenvalue weighted by atomic mass is 10.2. The van der Waals surface area contributed by atoms with E-state index in [0.29, 0.717) is 0 Å². The van der Waals surface area contributed by atoms with Gasteiger partial charge in [0.25, 0.3) is 0 Å². The third-order valence-electron chi connectivity index (χ3n) is 3.58. The Bertz CT molecular complexity index is 265. The number of halogens is 1. The molecular weight excluding hydrogens is 375 g/mol. The number of hydrogen-bond acceptors (Lipinski definition) is 2. The molecule has 0 aromatic heterocycles. The Morgan fingerprint density at radius 3 is 2.33 bits per heavy atom. The van der Waals surface area contributed by atoms with Crippen LogP contribution in [0.2, 0.25) is 0 Å². The Kier molecular flexibility index (Phi) is 17.6. The molecular formula is C16H35IN4. The van der Waals surface area contributed by atoms with Gasteiger partial charge in [-0.3, -0.25) is 4.99 Å². The van der Waals surface area contributed by atoms with Crippen LogP contribution in [-0.4, -0.2) is 62.6 Å². The molecule has 0 spiro atoms. The summed E-state index contributed by atoms with van der Waals surface area (Å²) in [5, 5.41) is 3.44. The molecule has 0 radical (unpaired) electrons. The molecule has 0 aromatic rings. The number of unbranched alkanes of at least 4 members (excludes halogenated alkanes) is 3. The zero-order valence-electron chi connectivity index (χ0n) is 14.4. The molecule has 0 saturated heterocycles. The van der Waals surface area contributed by atoms with Gasteiger partial charge >= 0.3 is 0 Å². The molecule has 5 heteroatoms. The molecule has 0 aliphatic rings. The molecule has 0 aliphatic heterocycles. The van der Waals surface area contributed by atoms with Crippen molar-refractivity contribution < 1.29 is 0 Å². The first-order valence-corrected chi connectivity index (χ1v) is 7.94. The fourth-order valence-corrected chi connectivity index (χ4v) is 2.17. The van der Waals surface area contributed by atoms with Crippen molar-refractivity contribution in [3.63, 3.8) is 0 Å². The summed E-state index contributed by atoms with van der Waals surface area (Å²) in [6.45, 7) is 13.5. The van der Waals surface area contributed by atoms with Crippen LogP contribution in [0.5, 0.6) is 0 Å². The summed E-state index contributed by atoms with van der Waals surface area (Å²) in [4.78, 5) is 8.98. The molecule has 0 bridgehead atoms. The molecule has 0 aliphatic carbocycles. The molecule has 0 heterocycles. The average Bonchev–Trinajstić information content (AvgIpc) is 2.47. The lowest BCUT2D eigenvalue weighted by molar-refractivity contribution is 0.306. The van der Waals surface area contributed by atoms with Crippen LogP contribution in [0.25, 0.3) is 0 Å². The largest absolute Gasteiger partial charge is 0.355 e. The number of likely N-dealkylation sites (N-methyl/N-ethyl adjacent to an activating group) is 1. The summed E-state index contributed by atoms with van der Waals surface area (Å²) >= 11 is 0. The number of aliphatic imine (C=N–C) groups is 1. The minimum Gasteiger partial charge on any atom is -0.355 e. The third-order valence-corrected chi connectivity index (χ3v) is 3.58. The van der Waals surface area contributed by atoms with Gasteiger partial charge in [-0.25, -0.2) is 0 Å². The van der Waals surface area contributed by atoms with Gasteiger partial charge in [-0.15, -0.1) is 30.6 Å². The van der Waals surface area contributed by atoms with Crippen LogP contribution < -0.4 is 5.32 Å². The Morgan fingerprint density at radius 1 is 1.14 bits per heavy atom. The van der Waals surface area contributed by atoms with Gasteiger partial charge in [0, 0.05) is 33.7 Å². The Labute approximate surface area is 149 Å². The van der Waals surface area contributed by atoms with E-state index >= 15 is 0 Å². The Balaban J connectivity index is 0. The summed E-state index contributed by atoms with van der Waals surface area (Å²) in [5.74, 6) is 1.00. The number of allylic oxidation sites excluding steroid dienone is 1. The van der Waals surface area contributed by atoms with Crippen molar-refractivity contribution in [3.05, 3.63) is 12.7 Å². The van der Waals surface area contributed by atoms with E-state index in [9.17, 15) is 0 Å². The fraction of sp³-hybridized carbons (Fsp3) is 0.812. The zero-order chi connectivity index (χ0) is 15.2. The summed E-state index contributed by atoms with van der Waals surface area (Å²) in [6, 6.07) is 0. The standard InChI is InChI=1S/C16H34N4.HI/c1-6-9-10-11-12-14-19(5)16(17-4)18-13-15-20(7-2)8-3;/h6H,1,7-15H2,2-5H3,(H,17,18);1H. The highest BCUT2D eigenvalue weighted by molar-refractivity contribution is 14.0. The maximum Gasteiger partial charge on any atom is 0.193 e. The predicted octanol–water partition coefficient (Wildman–Crippen LogP) is 3.20. The molecule has 0 saturated carbocycles. The smallest absolute Gasteiger partial charge is 0.193 e. The minimum absolute atomic E-state index is 0. The normalized spacial score (nSPS) is 11.2. The molecule has 0 amide bonds. The van der Waals surface area contributed by atoms with E-state index in [0.717, 1.165) is 45.1 Å². The minimum atomic E-state index is 0. The highest BCUT2D eigenvalue weighted by Gasteiger charge is 2.05. The number of nitrogens with one attached hydrogen (secondary N) is 1. The van der Waals surface area contributed by atoms with E-state index in [4.69, 9.17) is 0 Å². The summed E-state index contributed by atoms with van der Waals surface area (Å²) in [7, 11) is 3.97. The van der Waals surface area contributed by atoms with Gasteiger partial charge in [0.15, 0.2) is 5.96 Å². The molecule has 0 aromatic carbocycles. The molecule has 21 heavy (non-hydrogen) atoms. The fourth-order valence-electron chi connectivity index (χ4n) is 2.17. The second kappa shape index (κ2) is 16.1. The van der Waals surface area contributed by atoms with E-state index in [2.05, 4.69) is 47.6 Å². The van der Waals surface area contributed by atoms with Gasteiger partial charge in [-0.05, 0) is 32.4 Å². The first kappa shape index (κ1) is 23.0. The van der Waals surface area contributed by atoms with Crippen molar-refractivity contribution in [2.24, 2.45) is 4.99 Å². The van der Waals surface area contributed by atoms with Gasteiger partial charge in [-0.1, -0.05) is 26.3 Å². The van der Waals surface area contributed by atoms with Crippen molar-refractivity contribution in [2.45, 2.75) is 39.5 Å². The van der Waals surface area contributed by atoms with Crippen LogP contribution in [0.15, 0.2) is 17.6 Å². The number of hydrogen-bond donors (Lipinski definition) is 1. The summed E-state index contributed by atoms with van der Waals surface area (Å²) in [6.07, 6.45) is 6.83. The maximum atomic E-state index is 4.35. The summed E-state index contributed by atoms with van der Waals surface area (Å²) in [5.41, 5.74) is 0. The summed E-state index contributed by atoms with van der Waals surface area (Å²) < 4.78 is 0. The van der Waals surface area contributed by atoms with Crippen LogP contribution >= 0.6 is 24.0 Å². The number of guanidine groups is 1. The van der Waals surface area contributed by atoms with Crippen LogP contribution in [0.1, 0.15) is 39.5 Å². The molecule has 0 fully saturated rings. The topological polar surface area (TPSA) is 30.9 Å². The van der Waals surface area contributed by atoms with Crippen LogP contribution in [-0.2, 0) is 0 Å². The highest BCUT2D eigenvalue weighted by atomic mass is 127. The van der Waals surface area contributed by atoms with Crippen molar-refractivity contribution in [1.82, 2.24) is 15.1 Å². The van der Waals surface area contributed by atoms with Crippen molar-refractivity contribution in [1.29, 1.82) is 0 Å². The van der Waals surface area contributed by atoms with Gasteiger partial charge in [0.1, 0.15) is 0 Å². The molecule has 126 valence electrons. The van der Waals surface area contributed by atoms with Crippen molar-refractivity contribution >= 4 is 29.9 Å². The molecule has 0 atom stereocenters. The third kappa shape index (κ3) is 12.0. The Hall–Kier alpha value is -0.300. The first-order chi connectivity index (χ1) is 9.69. The van der Waals surface area contributed by atoms with Crippen LogP contribution in [0.3, 0.4) is 0 Å². The van der Waals surface area contributed by atoms with Gasteiger partial charge in [-0.2, -0.15) is 0 Å². The molecule has 0 rings (SSSR count). The van der Waals surface area contributed by atoms with E-state index in [1.165, 1.54) is 19.3 Å². The lowest BCUT2D eigenvalue weighted by Gasteiger charge is -2.24. The zero-order valence-corrected chi connectivity index (χ0v) is 16.7. The first-order valence-electron chi connectivity index (χ1n) is 7.94. The maximum absolute atomic E-state index is 4.35. The van der Waals surface area contributed by atoms with E-state index in [1.54, 1.807) is 0 Å². The van der Waals surface area contributed by atoms with Crippen molar-refractivity contribution in [3.8, 4) is 0 Å². The number of nitrogens with zero attached hydrogens (tertiary/aromatic N) is 3. The average molecular weight is 410 g/mol. The van der Waals surface area contributed by atoms with E-state index in [-0.39, 0.29) is 24.0 Å². The highest BCUT2D eigenvalue weighted by Crippen LogP contribution is 2.01. The Morgan fingerprint density at radius 2 is 1.81 bits per heavy atom. The van der Waals surface area contributed by atoms with Gasteiger partial charge < -0.3 is 15.1 Å². The molecule has 0 unspecified atom stereocenters. The second-order valence-electron chi connectivity index (χ2n) is 5.06. The lowest BCUT2D eigenvalue weighted by Crippen LogP contribution is -2.42. The number of rotatable bonds is 11. The van der Waals surface area contributed by atoms with Gasteiger partial charge in [0.05, 0.1) is 0 Å². The van der Waals surface area contributed by atoms with E-state index in [1.807, 2.05) is 13.1 Å². The SMILES string of the molecule is C=CCCCCCN(C)C(=NC)NCCN(CC)CC.I. The van der Waals surface area contributed by atoms with Gasteiger partial charge in [0.2, 0.25) is 0 Å².